The Morgan fingerprint density at radius 2 is 1.79 bits per heavy atom. The minimum atomic E-state index is -4.21. The Morgan fingerprint density at radius 3 is 2.37 bits per heavy atom. The summed E-state index contributed by atoms with van der Waals surface area (Å²) >= 11 is 0. The van der Waals surface area contributed by atoms with Gasteiger partial charge in [0.05, 0.1) is 6.61 Å². The molecular formula is C13H23F3N2O. The van der Waals surface area contributed by atoms with E-state index in [1.165, 1.54) is 12.8 Å². The molecule has 2 rings (SSSR count). The molecule has 1 aliphatic carbocycles. The van der Waals surface area contributed by atoms with Crippen LogP contribution in [0.3, 0.4) is 0 Å². The van der Waals surface area contributed by atoms with Crippen molar-refractivity contribution in [2.45, 2.75) is 37.9 Å². The van der Waals surface area contributed by atoms with Crippen LogP contribution in [0, 0.1) is 5.92 Å². The highest BCUT2D eigenvalue weighted by atomic mass is 19.4. The van der Waals surface area contributed by atoms with Crippen molar-refractivity contribution < 1.29 is 17.9 Å². The maximum atomic E-state index is 11.9. The first-order valence-corrected chi connectivity index (χ1v) is 7.13. The van der Waals surface area contributed by atoms with E-state index in [-0.39, 0.29) is 6.61 Å². The number of hydrogen-bond acceptors (Lipinski definition) is 3. The first-order chi connectivity index (χ1) is 9.03. The summed E-state index contributed by atoms with van der Waals surface area (Å²) in [6.45, 7) is 2.69. The number of nitrogens with one attached hydrogen (secondary N) is 1. The van der Waals surface area contributed by atoms with E-state index in [2.05, 4.69) is 15.0 Å². The summed E-state index contributed by atoms with van der Waals surface area (Å²) in [6, 6.07) is 0.591. The monoisotopic (exact) mass is 280 g/mol. The van der Waals surface area contributed by atoms with Crippen molar-refractivity contribution in [2.24, 2.45) is 5.92 Å². The molecule has 1 saturated carbocycles. The Bertz CT molecular complexity index is 261. The van der Waals surface area contributed by atoms with E-state index in [0.29, 0.717) is 12.6 Å². The second-order valence-corrected chi connectivity index (χ2v) is 5.64. The highest BCUT2D eigenvalue weighted by Crippen LogP contribution is 2.28. The fraction of sp³-hybridized carbons (Fsp3) is 1.00. The van der Waals surface area contributed by atoms with E-state index < -0.39 is 12.8 Å². The molecule has 1 heterocycles. The standard InChI is InChI=1S/C13H23F3N2O/c14-13(15,16)10-19-8-7-18-5-3-12(4-6-18)17-9-11-1-2-11/h11-12,17H,1-10H2. The third kappa shape index (κ3) is 6.58. The molecule has 0 unspecified atom stereocenters. The molecule has 2 aliphatic rings. The van der Waals surface area contributed by atoms with Crippen molar-refractivity contribution >= 4 is 0 Å². The number of nitrogens with zero attached hydrogens (tertiary/aromatic N) is 1. The molecule has 3 nitrogen and oxygen atoms in total. The van der Waals surface area contributed by atoms with Crippen LogP contribution >= 0.6 is 0 Å². The molecule has 1 saturated heterocycles. The summed E-state index contributed by atoms with van der Waals surface area (Å²) in [5, 5.41) is 3.58. The van der Waals surface area contributed by atoms with Crippen LogP contribution in [0.2, 0.25) is 0 Å². The topological polar surface area (TPSA) is 24.5 Å². The molecule has 2 fully saturated rings. The lowest BCUT2D eigenvalue weighted by Crippen LogP contribution is -2.44. The van der Waals surface area contributed by atoms with Crippen molar-refractivity contribution in [2.75, 3.05) is 39.4 Å². The van der Waals surface area contributed by atoms with Crippen molar-refractivity contribution in [3.05, 3.63) is 0 Å². The molecule has 0 bridgehead atoms. The number of likely N-dealkylation sites (tertiary alicyclic amines) is 1. The number of alkyl halides is 3. The Balaban J connectivity index is 1.48. The smallest absolute Gasteiger partial charge is 0.371 e. The number of piperidine rings is 1. The maximum Gasteiger partial charge on any atom is 0.411 e. The van der Waals surface area contributed by atoms with E-state index in [1.807, 2.05) is 0 Å². The van der Waals surface area contributed by atoms with Gasteiger partial charge in [-0.15, -0.1) is 0 Å². The molecule has 19 heavy (non-hydrogen) atoms. The van der Waals surface area contributed by atoms with Crippen LogP contribution in [0.4, 0.5) is 13.2 Å². The molecule has 0 aromatic heterocycles. The Morgan fingerprint density at radius 1 is 1.11 bits per heavy atom. The van der Waals surface area contributed by atoms with Gasteiger partial charge in [-0.1, -0.05) is 0 Å². The zero-order valence-electron chi connectivity index (χ0n) is 11.2. The van der Waals surface area contributed by atoms with Crippen LogP contribution in [-0.2, 0) is 4.74 Å². The summed E-state index contributed by atoms with van der Waals surface area (Å²) < 4.78 is 40.3. The normalized spacial score (nSPS) is 22.9. The van der Waals surface area contributed by atoms with Gasteiger partial charge in [0.15, 0.2) is 0 Å². The quantitative estimate of drug-likeness (QED) is 0.722. The Hall–Kier alpha value is -0.330. The zero-order chi connectivity index (χ0) is 13.7. The first-order valence-electron chi connectivity index (χ1n) is 7.13. The van der Waals surface area contributed by atoms with E-state index in [9.17, 15) is 13.2 Å². The highest BCUT2D eigenvalue weighted by molar-refractivity contribution is 4.81. The molecule has 0 aromatic rings. The maximum absolute atomic E-state index is 11.9. The fourth-order valence-corrected chi connectivity index (χ4v) is 2.40. The number of ether oxygens (including phenoxy) is 1. The molecule has 1 aliphatic heterocycles. The average molecular weight is 280 g/mol. The van der Waals surface area contributed by atoms with E-state index in [1.54, 1.807) is 0 Å². The highest BCUT2D eigenvalue weighted by Gasteiger charge is 2.27. The predicted octanol–water partition coefficient (Wildman–Crippen LogP) is 2.03. The van der Waals surface area contributed by atoms with Crippen LogP contribution in [0.1, 0.15) is 25.7 Å². The van der Waals surface area contributed by atoms with Crippen LogP contribution in [-0.4, -0.2) is 56.5 Å². The third-order valence-electron chi connectivity index (χ3n) is 3.80. The fourth-order valence-electron chi connectivity index (χ4n) is 2.40. The third-order valence-corrected chi connectivity index (χ3v) is 3.80. The van der Waals surface area contributed by atoms with Gasteiger partial charge in [-0.05, 0) is 51.2 Å². The largest absolute Gasteiger partial charge is 0.411 e. The number of hydrogen-bond donors (Lipinski definition) is 1. The summed E-state index contributed by atoms with van der Waals surface area (Å²) in [5.74, 6) is 0.897. The summed E-state index contributed by atoms with van der Waals surface area (Å²) in [4.78, 5) is 2.19. The zero-order valence-corrected chi connectivity index (χ0v) is 11.2. The van der Waals surface area contributed by atoms with Gasteiger partial charge in [0, 0.05) is 12.6 Å². The SMILES string of the molecule is FC(F)(F)COCCN1CCC(NCC2CC2)CC1. The minimum Gasteiger partial charge on any atom is -0.371 e. The van der Waals surface area contributed by atoms with Crippen LogP contribution in [0.25, 0.3) is 0 Å². The summed E-state index contributed by atoms with van der Waals surface area (Å²) in [7, 11) is 0. The van der Waals surface area contributed by atoms with Crippen molar-refractivity contribution in [3.8, 4) is 0 Å². The molecule has 0 amide bonds. The molecule has 1 N–H and O–H groups in total. The van der Waals surface area contributed by atoms with Gasteiger partial charge in [0.2, 0.25) is 0 Å². The minimum absolute atomic E-state index is 0.166. The summed E-state index contributed by atoms with van der Waals surface area (Å²) in [5.41, 5.74) is 0. The van der Waals surface area contributed by atoms with Crippen molar-refractivity contribution in [1.29, 1.82) is 0 Å². The second kappa shape index (κ2) is 6.90. The lowest BCUT2D eigenvalue weighted by atomic mass is 10.1. The molecule has 0 spiro atoms. The Labute approximate surface area is 112 Å². The van der Waals surface area contributed by atoms with Crippen LogP contribution in [0.15, 0.2) is 0 Å². The van der Waals surface area contributed by atoms with Gasteiger partial charge < -0.3 is 15.0 Å². The van der Waals surface area contributed by atoms with Crippen LogP contribution in [0.5, 0.6) is 0 Å². The molecule has 0 atom stereocenters. The van der Waals surface area contributed by atoms with Gasteiger partial charge in [-0.3, -0.25) is 0 Å². The van der Waals surface area contributed by atoms with Gasteiger partial charge >= 0.3 is 6.18 Å². The molecule has 0 aromatic carbocycles. The number of rotatable bonds is 7. The molecular weight excluding hydrogens is 257 g/mol. The number of halogens is 3. The van der Waals surface area contributed by atoms with Gasteiger partial charge in [0.25, 0.3) is 0 Å². The lowest BCUT2D eigenvalue weighted by molar-refractivity contribution is -0.174. The first kappa shape index (κ1) is 15.1. The average Bonchev–Trinajstić information content (AvgIpc) is 3.16. The van der Waals surface area contributed by atoms with Gasteiger partial charge in [-0.2, -0.15) is 13.2 Å². The van der Waals surface area contributed by atoms with Gasteiger partial charge in [0.1, 0.15) is 6.61 Å². The molecule has 6 heteroatoms. The van der Waals surface area contributed by atoms with Gasteiger partial charge in [-0.25, -0.2) is 0 Å². The molecule has 0 radical (unpaired) electrons. The molecule has 112 valence electrons. The Kier molecular flexibility index (Phi) is 5.47. The van der Waals surface area contributed by atoms with E-state index >= 15 is 0 Å². The van der Waals surface area contributed by atoms with Crippen molar-refractivity contribution in [3.63, 3.8) is 0 Å². The predicted molar refractivity (Wildman–Crippen MR) is 67.1 cm³/mol. The van der Waals surface area contributed by atoms with E-state index in [0.717, 1.165) is 38.4 Å². The second-order valence-electron chi connectivity index (χ2n) is 5.64. The van der Waals surface area contributed by atoms with E-state index in [4.69, 9.17) is 0 Å². The van der Waals surface area contributed by atoms with Crippen LogP contribution < -0.4 is 5.32 Å². The lowest BCUT2D eigenvalue weighted by Gasteiger charge is -2.32. The summed E-state index contributed by atoms with van der Waals surface area (Å²) in [6.07, 6.45) is 0.697. The van der Waals surface area contributed by atoms with Crippen molar-refractivity contribution in [1.82, 2.24) is 10.2 Å².